The number of hydrogen-bond acceptors (Lipinski definition) is 5. The molecule has 1 N–H and O–H groups in total. The van der Waals surface area contributed by atoms with Crippen molar-refractivity contribution in [1.29, 1.82) is 0 Å². The summed E-state index contributed by atoms with van der Waals surface area (Å²) in [6.45, 7) is 10.3. The average Bonchev–Trinajstić information content (AvgIpc) is 2.64. The summed E-state index contributed by atoms with van der Waals surface area (Å²) in [7, 11) is 1.55. The van der Waals surface area contributed by atoms with E-state index in [-0.39, 0.29) is 5.56 Å². The van der Waals surface area contributed by atoms with Crippen LogP contribution in [0.3, 0.4) is 0 Å². The molecule has 1 amide bonds. The molecule has 0 aliphatic rings. The first-order chi connectivity index (χ1) is 14.3. The summed E-state index contributed by atoms with van der Waals surface area (Å²) in [6, 6.07) is 9.89. The van der Waals surface area contributed by atoms with E-state index >= 15 is 0 Å². The lowest BCUT2D eigenvalue weighted by atomic mass is 9.98. The first-order valence-electron chi connectivity index (χ1n) is 9.95. The van der Waals surface area contributed by atoms with Crippen molar-refractivity contribution in [2.24, 2.45) is 0 Å². The van der Waals surface area contributed by atoms with Crippen molar-refractivity contribution in [2.75, 3.05) is 7.11 Å². The van der Waals surface area contributed by atoms with E-state index in [1.807, 2.05) is 0 Å². The van der Waals surface area contributed by atoms with Gasteiger partial charge in [-0.05, 0) is 76.9 Å². The second-order valence-electron chi connectivity index (χ2n) is 9.08. The number of alkyl carbamates (subject to hydrolysis) is 1. The Hall–Kier alpha value is -3.09. The number of rotatable bonds is 5. The molecule has 0 fully saturated rings. The Morgan fingerprint density at radius 1 is 0.903 bits per heavy atom. The number of carbonyl (C=O) groups is 2. The van der Waals surface area contributed by atoms with Crippen molar-refractivity contribution in [1.82, 2.24) is 5.32 Å². The molecule has 1 atom stereocenters. The number of methoxy groups -OCH3 is 1. The van der Waals surface area contributed by atoms with Gasteiger partial charge in [0.25, 0.3) is 0 Å². The Balaban J connectivity index is 2.44. The second-order valence-corrected chi connectivity index (χ2v) is 9.08. The molecule has 0 saturated heterocycles. The molecule has 0 aromatic heterocycles. The Bertz CT molecular complexity index is 926. The number of nitrogens with one attached hydrogen (secondary N) is 1. The first kappa shape index (κ1) is 24.2. The maximum atomic E-state index is 14.6. The van der Waals surface area contributed by atoms with Crippen LogP contribution in [0.15, 0.2) is 42.5 Å². The highest BCUT2D eigenvalue weighted by atomic mass is 19.1. The molecule has 168 valence electrons. The lowest BCUT2D eigenvalue weighted by molar-refractivity contribution is -0.157. The van der Waals surface area contributed by atoms with Crippen LogP contribution in [0.5, 0.6) is 5.75 Å². The highest BCUT2D eigenvalue weighted by Crippen LogP contribution is 2.29. The van der Waals surface area contributed by atoms with Crippen LogP contribution < -0.4 is 10.1 Å². The molecule has 1 unspecified atom stereocenters. The third-order valence-corrected chi connectivity index (χ3v) is 4.03. The van der Waals surface area contributed by atoms with Crippen LogP contribution in [0.25, 0.3) is 11.1 Å². The van der Waals surface area contributed by atoms with Crippen LogP contribution >= 0.6 is 0 Å². The lowest BCUT2D eigenvalue weighted by Crippen LogP contribution is -2.40. The maximum Gasteiger partial charge on any atom is 0.408 e. The minimum Gasteiger partial charge on any atom is -0.497 e. The van der Waals surface area contributed by atoms with Gasteiger partial charge in [0, 0.05) is 5.56 Å². The zero-order valence-corrected chi connectivity index (χ0v) is 19.0. The van der Waals surface area contributed by atoms with Gasteiger partial charge >= 0.3 is 12.1 Å². The van der Waals surface area contributed by atoms with E-state index in [2.05, 4.69) is 5.32 Å². The SMILES string of the molecule is COc1ccc(-c2cc(C(NC(=O)OC(C)(C)C)C(=O)OC(C)(C)C)ccc2F)cc1. The van der Waals surface area contributed by atoms with Crippen LogP contribution in [0.2, 0.25) is 0 Å². The molecule has 7 heteroatoms. The van der Waals surface area contributed by atoms with Crippen molar-refractivity contribution in [3.8, 4) is 16.9 Å². The molecule has 0 heterocycles. The van der Waals surface area contributed by atoms with Crippen molar-refractivity contribution < 1.29 is 28.2 Å². The van der Waals surface area contributed by atoms with Crippen LogP contribution in [0.1, 0.15) is 53.1 Å². The molecular formula is C24H30FNO5. The standard InChI is InChI=1S/C24H30FNO5/c1-23(2,3)30-21(27)20(26-22(28)31-24(4,5)6)16-10-13-19(25)18(14-16)15-8-11-17(29-7)12-9-15/h8-14,20H,1-7H3,(H,26,28). The molecule has 0 spiro atoms. The van der Waals surface area contributed by atoms with E-state index in [9.17, 15) is 14.0 Å². The number of benzene rings is 2. The smallest absolute Gasteiger partial charge is 0.408 e. The summed E-state index contributed by atoms with van der Waals surface area (Å²) in [5.74, 6) is -0.502. The number of amides is 1. The summed E-state index contributed by atoms with van der Waals surface area (Å²) >= 11 is 0. The molecule has 0 radical (unpaired) electrons. The Morgan fingerprint density at radius 3 is 2.00 bits per heavy atom. The van der Waals surface area contributed by atoms with Gasteiger partial charge in [-0.25, -0.2) is 14.0 Å². The number of hydrogen-bond donors (Lipinski definition) is 1. The maximum absolute atomic E-state index is 14.6. The molecule has 2 rings (SSSR count). The van der Waals surface area contributed by atoms with Gasteiger partial charge < -0.3 is 19.5 Å². The molecule has 0 saturated carbocycles. The van der Waals surface area contributed by atoms with Gasteiger partial charge in [-0.2, -0.15) is 0 Å². The molecular weight excluding hydrogens is 401 g/mol. The summed E-state index contributed by atoms with van der Waals surface area (Å²) in [5, 5.41) is 2.55. The van der Waals surface area contributed by atoms with Gasteiger partial charge in [0.2, 0.25) is 0 Å². The second kappa shape index (κ2) is 9.37. The van der Waals surface area contributed by atoms with Gasteiger partial charge in [-0.3, -0.25) is 0 Å². The largest absolute Gasteiger partial charge is 0.497 e. The molecule has 0 bridgehead atoms. The predicted octanol–water partition coefficient (Wildman–Crippen LogP) is 5.41. The number of esters is 1. The highest BCUT2D eigenvalue weighted by Gasteiger charge is 2.30. The van der Waals surface area contributed by atoms with Crippen molar-refractivity contribution in [3.63, 3.8) is 0 Å². The van der Waals surface area contributed by atoms with E-state index in [0.29, 0.717) is 16.9 Å². The van der Waals surface area contributed by atoms with E-state index in [1.165, 1.54) is 18.2 Å². The van der Waals surface area contributed by atoms with Crippen molar-refractivity contribution in [2.45, 2.75) is 58.8 Å². The van der Waals surface area contributed by atoms with E-state index in [4.69, 9.17) is 14.2 Å². The van der Waals surface area contributed by atoms with Gasteiger partial charge in [0.1, 0.15) is 22.8 Å². The Morgan fingerprint density at radius 2 is 1.48 bits per heavy atom. The lowest BCUT2D eigenvalue weighted by Gasteiger charge is -2.26. The number of halogens is 1. The molecule has 2 aromatic carbocycles. The van der Waals surface area contributed by atoms with Gasteiger partial charge in [-0.15, -0.1) is 0 Å². The molecule has 0 aliphatic heterocycles. The van der Waals surface area contributed by atoms with E-state index in [1.54, 1.807) is 72.9 Å². The molecule has 6 nitrogen and oxygen atoms in total. The molecule has 31 heavy (non-hydrogen) atoms. The molecule has 2 aromatic rings. The summed E-state index contributed by atoms with van der Waals surface area (Å²) in [4.78, 5) is 25.2. The summed E-state index contributed by atoms with van der Waals surface area (Å²) < 4.78 is 30.5. The fourth-order valence-electron chi connectivity index (χ4n) is 2.78. The zero-order valence-electron chi connectivity index (χ0n) is 19.0. The van der Waals surface area contributed by atoms with E-state index in [0.717, 1.165) is 0 Å². The predicted molar refractivity (Wildman–Crippen MR) is 116 cm³/mol. The monoisotopic (exact) mass is 431 g/mol. The topological polar surface area (TPSA) is 73.9 Å². The number of carbonyl (C=O) groups excluding carboxylic acids is 2. The average molecular weight is 432 g/mol. The summed E-state index contributed by atoms with van der Waals surface area (Å²) in [5.41, 5.74) is -0.281. The first-order valence-corrected chi connectivity index (χ1v) is 9.95. The Labute approximate surface area is 182 Å². The molecule has 0 aliphatic carbocycles. The van der Waals surface area contributed by atoms with Crippen LogP contribution in [0, 0.1) is 5.82 Å². The van der Waals surface area contributed by atoms with E-state index < -0.39 is 35.1 Å². The minimum atomic E-state index is -1.17. The third-order valence-electron chi connectivity index (χ3n) is 4.03. The fraction of sp³-hybridized carbons (Fsp3) is 0.417. The normalized spacial score (nSPS) is 12.6. The fourth-order valence-corrected chi connectivity index (χ4v) is 2.78. The van der Waals surface area contributed by atoms with Crippen LogP contribution in [-0.4, -0.2) is 30.4 Å². The number of ether oxygens (including phenoxy) is 3. The summed E-state index contributed by atoms with van der Waals surface area (Å²) in [6.07, 6.45) is -0.779. The minimum absolute atomic E-state index is 0.278. The highest BCUT2D eigenvalue weighted by molar-refractivity contribution is 5.84. The van der Waals surface area contributed by atoms with Gasteiger partial charge in [-0.1, -0.05) is 18.2 Å². The third kappa shape index (κ3) is 7.27. The van der Waals surface area contributed by atoms with Gasteiger partial charge in [0.05, 0.1) is 7.11 Å². The Kier molecular flexibility index (Phi) is 7.31. The zero-order chi connectivity index (χ0) is 23.4. The van der Waals surface area contributed by atoms with Crippen LogP contribution in [-0.2, 0) is 14.3 Å². The van der Waals surface area contributed by atoms with Crippen molar-refractivity contribution in [3.05, 3.63) is 53.8 Å². The van der Waals surface area contributed by atoms with Gasteiger partial charge in [0.15, 0.2) is 6.04 Å². The quantitative estimate of drug-likeness (QED) is 0.641. The van der Waals surface area contributed by atoms with Crippen LogP contribution in [0.4, 0.5) is 9.18 Å². The van der Waals surface area contributed by atoms with Crippen molar-refractivity contribution >= 4 is 12.1 Å².